The summed E-state index contributed by atoms with van der Waals surface area (Å²) in [5.41, 5.74) is 1.77. The molecule has 0 aliphatic carbocycles. The summed E-state index contributed by atoms with van der Waals surface area (Å²) >= 11 is 6.24. The van der Waals surface area contributed by atoms with Gasteiger partial charge in [-0.25, -0.2) is 0 Å². The molecule has 0 atom stereocenters. The minimum atomic E-state index is -0.179. The van der Waals surface area contributed by atoms with Crippen LogP contribution in [-0.4, -0.2) is 31.6 Å². The molecule has 2 aromatic carbocycles. The van der Waals surface area contributed by atoms with E-state index in [1.807, 2.05) is 30.3 Å². The van der Waals surface area contributed by atoms with E-state index in [-0.39, 0.29) is 31.2 Å². The first kappa shape index (κ1) is 20.0. The third-order valence-corrected chi connectivity index (χ3v) is 4.51. The van der Waals surface area contributed by atoms with Crippen molar-refractivity contribution >= 4 is 23.4 Å². The number of ether oxygens (including phenoxy) is 2. The lowest BCUT2D eigenvalue weighted by atomic mass is 10.1. The van der Waals surface area contributed by atoms with Crippen LogP contribution in [-0.2, 0) is 22.6 Å². The summed E-state index contributed by atoms with van der Waals surface area (Å²) in [4.78, 5) is 24.0. The molecule has 0 radical (unpaired) electrons. The standard InChI is InChI=1S/C21H23ClN2O4/c22-17-11-16(12-18-21(17)28-10-4-9-27-18)13-20(26)23-8-7-19(25)24-14-15-5-2-1-3-6-15/h1-3,5-6,11-12H,4,7-10,13-14H2,(H,23,26)(H,24,25). The van der Waals surface area contributed by atoms with Gasteiger partial charge in [-0.15, -0.1) is 0 Å². The van der Waals surface area contributed by atoms with Crippen molar-refractivity contribution in [3.63, 3.8) is 0 Å². The van der Waals surface area contributed by atoms with Gasteiger partial charge in [-0.2, -0.15) is 0 Å². The molecule has 2 amide bonds. The molecule has 0 saturated heterocycles. The molecule has 0 spiro atoms. The number of carbonyl (C=O) groups excluding carboxylic acids is 2. The molecule has 148 valence electrons. The van der Waals surface area contributed by atoms with Crippen molar-refractivity contribution in [3.05, 3.63) is 58.6 Å². The maximum atomic E-state index is 12.2. The maximum Gasteiger partial charge on any atom is 0.224 e. The van der Waals surface area contributed by atoms with Gasteiger partial charge in [0.1, 0.15) is 0 Å². The maximum absolute atomic E-state index is 12.2. The Morgan fingerprint density at radius 3 is 2.57 bits per heavy atom. The predicted octanol–water partition coefficient (Wildman–Crippen LogP) is 2.87. The highest BCUT2D eigenvalue weighted by molar-refractivity contribution is 6.32. The van der Waals surface area contributed by atoms with Crippen LogP contribution in [0, 0.1) is 0 Å². The Labute approximate surface area is 169 Å². The van der Waals surface area contributed by atoms with Gasteiger partial charge in [-0.05, 0) is 23.3 Å². The molecule has 6 nitrogen and oxygen atoms in total. The van der Waals surface area contributed by atoms with E-state index in [4.69, 9.17) is 21.1 Å². The minimum absolute atomic E-state index is 0.109. The number of carbonyl (C=O) groups is 2. The highest BCUT2D eigenvalue weighted by atomic mass is 35.5. The first-order chi connectivity index (χ1) is 13.6. The number of hydrogen-bond acceptors (Lipinski definition) is 4. The second-order valence-electron chi connectivity index (χ2n) is 6.49. The van der Waals surface area contributed by atoms with Crippen LogP contribution in [0.3, 0.4) is 0 Å². The zero-order valence-corrected chi connectivity index (χ0v) is 16.3. The number of benzene rings is 2. The molecule has 28 heavy (non-hydrogen) atoms. The van der Waals surface area contributed by atoms with Crippen LogP contribution in [0.4, 0.5) is 0 Å². The SMILES string of the molecule is O=C(CCNC(=O)Cc1cc(Cl)c2c(c1)OCCCO2)NCc1ccccc1. The molecule has 7 heteroatoms. The number of rotatable bonds is 7. The van der Waals surface area contributed by atoms with Gasteiger partial charge in [-0.1, -0.05) is 41.9 Å². The van der Waals surface area contributed by atoms with Crippen LogP contribution in [0.5, 0.6) is 11.5 Å². The third-order valence-electron chi connectivity index (χ3n) is 4.23. The largest absolute Gasteiger partial charge is 0.489 e. The monoisotopic (exact) mass is 402 g/mol. The van der Waals surface area contributed by atoms with Crippen LogP contribution in [0.1, 0.15) is 24.0 Å². The lowest BCUT2D eigenvalue weighted by Gasteiger charge is -2.12. The fourth-order valence-corrected chi connectivity index (χ4v) is 3.12. The van der Waals surface area contributed by atoms with E-state index in [0.29, 0.717) is 36.3 Å². The lowest BCUT2D eigenvalue weighted by molar-refractivity contribution is -0.122. The van der Waals surface area contributed by atoms with Crippen LogP contribution in [0.25, 0.3) is 0 Å². The number of nitrogens with one attached hydrogen (secondary N) is 2. The first-order valence-corrected chi connectivity index (χ1v) is 9.65. The number of amides is 2. The molecule has 1 aliphatic heterocycles. The van der Waals surface area contributed by atoms with E-state index >= 15 is 0 Å². The Kier molecular flexibility index (Phi) is 7.14. The van der Waals surface area contributed by atoms with E-state index in [1.165, 1.54) is 0 Å². The second-order valence-corrected chi connectivity index (χ2v) is 6.90. The summed E-state index contributed by atoms with van der Waals surface area (Å²) in [5, 5.41) is 6.02. The Morgan fingerprint density at radius 1 is 0.964 bits per heavy atom. The van der Waals surface area contributed by atoms with Crippen LogP contribution in [0.2, 0.25) is 5.02 Å². The van der Waals surface area contributed by atoms with E-state index in [0.717, 1.165) is 17.5 Å². The molecule has 0 aromatic heterocycles. The fourth-order valence-electron chi connectivity index (χ4n) is 2.83. The van der Waals surface area contributed by atoms with Gasteiger partial charge in [0.05, 0.1) is 24.7 Å². The number of halogens is 1. The van der Waals surface area contributed by atoms with Gasteiger partial charge in [0.25, 0.3) is 0 Å². The average molecular weight is 403 g/mol. The number of hydrogen-bond donors (Lipinski definition) is 2. The van der Waals surface area contributed by atoms with Crippen molar-refractivity contribution in [2.24, 2.45) is 0 Å². The Bertz CT molecular complexity index is 827. The van der Waals surface area contributed by atoms with Gasteiger partial charge in [0.15, 0.2) is 11.5 Å². The predicted molar refractivity (Wildman–Crippen MR) is 107 cm³/mol. The van der Waals surface area contributed by atoms with Gasteiger partial charge in [-0.3, -0.25) is 9.59 Å². The smallest absolute Gasteiger partial charge is 0.224 e. The topological polar surface area (TPSA) is 76.7 Å². The molecule has 0 saturated carbocycles. The molecule has 0 bridgehead atoms. The Morgan fingerprint density at radius 2 is 1.75 bits per heavy atom. The second kappa shape index (κ2) is 9.99. The highest BCUT2D eigenvalue weighted by Gasteiger charge is 2.16. The molecule has 1 aliphatic rings. The molecule has 3 rings (SSSR count). The normalized spacial score (nSPS) is 12.8. The van der Waals surface area contributed by atoms with Gasteiger partial charge < -0.3 is 20.1 Å². The van der Waals surface area contributed by atoms with Crippen molar-refractivity contribution in [1.29, 1.82) is 0 Å². The summed E-state index contributed by atoms with van der Waals surface area (Å²) in [6, 6.07) is 13.2. The van der Waals surface area contributed by atoms with Crippen LogP contribution >= 0.6 is 11.6 Å². The molecular formula is C21H23ClN2O4. The Balaban J connectivity index is 1.42. The lowest BCUT2D eigenvalue weighted by Crippen LogP contribution is -2.31. The van der Waals surface area contributed by atoms with Gasteiger partial charge in [0, 0.05) is 25.9 Å². The van der Waals surface area contributed by atoms with E-state index < -0.39 is 0 Å². The summed E-state index contributed by atoms with van der Waals surface area (Å²) < 4.78 is 11.2. The molecule has 0 fully saturated rings. The zero-order chi connectivity index (χ0) is 19.8. The van der Waals surface area contributed by atoms with Crippen molar-refractivity contribution in [2.75, 3.05) is 19.8 Å². The summed E-state index contributed by atoms with van der Waals surface area (Å²) in [7, 11) is 0. The molecule has 0 unspecified atom stereocenters. The summed E-state index contributed by atoms with van der Waals surface area (Å²) in [5.74, 6) is 0.802. The molecule has 1 heterocycles. The van der Waals surface area contributed by atoms with Crippen molar-refractivity contribution in [1.82, 2.24) is 10.6 Å². The van der Waals surface area contributed by atoms with E-state index in [2.05, 4.69) is 10.6 Å². The first-order valence-electron chi connectivity index (χ1n) is 9.27. The quantitative estimate of drug-likeness (QED) is 0.746. The molecular weight excluding hydrogens is 380 g/mol. The fraction of sp³-hybridized carbons (Fsp3) is 0.333. The highest BCUT2D eigenvalue weighted by Crippen LogP contribution is 2.38. The zero-order valence-electron chi connectivity index (χ0n) is 15.5. The summed E-state index contributed by atoms with van der Waals surface area (Å²) in [6.45, 7) is 1.86. The third kappa shape index (κ3) is 5.89. The van der Waals surface area contributed by atoms with Crippen molar-refractivity contribution in [2.45, 2.75) is 25.8 Å². The number of fused-ring (bicyclic) bond motifs is 1. The van der Waals surface area contributed by atoms with Crippen molar-refractivity contribution in [3.8, 4) is 11.5 Å². The van der Waals surface area contributed by atoms with E-state index in [9.17, 15) is 9.59 Å². The average Bonchev–Trinajstić information content (AvgIpc) is 2.93. The van der Waals surface area contributed by atoms with Crippen LogP contribution in [0.15, 0.2) is 42.5 Å². The van der Waals surface area contributed by atoms with Gasteiger partial charge >= 0.3 is 0 Å². The molecule has 2 N–H and O–H groups in total. The summed E-state index contributed by atoms with van der Waals surface area (Å²) in [6.07, 6.45) is 1.16. The molecule has 2 aromatic rings. The minimum Gasteiger partial charge on any atom is -0.489 e. The van der Waals surface area contributed by atoms with E-state index in [1.54, 1.807) is 12.1 Å². The van der Waals surface area contributed by atoms with Crippen LogP contribution < -0.4 is 20.1 Å². The van der Waals surface area contributed by atoms with Gasteiger partial charge in [0.2, 0.25) is 11.8 Å². The van der Waals surface area contributed by atoms with Crippen molar-refractivity contribution < 1.29 is 19.1 Å². The Hall–Kier alpha value is -2.73.